The van der Waals surface area contributed by atoms with Crippen molar-refractivity contribution in [3.05, 3.63) is 124 Å². The van der Waals surface area contributed by atoms with E-state index in [-0.39, 0.29) is 6.61 Å². The van der Waals surface area contributed by atoms with Crippen LogP contribution in [0.2, 0.25) is 0 Å². The molecule has 0 amide bonds. The van der Waals surface area contributed by atoms with Crippen LogP contribution in [0.1, 0.15) is 21.6 Å². The molecule has 1 N–H and O–H groups in total. The van der Waals surface area contributed by atoms with E-state index in [1.54, 1.807) is 0 Å². The molecule has 0 spiro atoms. The molecule has 9 heteroatoms. The summed E-state index contributed by atoms with van der Waals surface area (Å²) >= 11 is 2.93. The Morgan fingerprint density at radius 3 is 2.05 bits per heavy atom. The Bertz CT molecular complexity index is 1650. The number of nitrogens with zero attached hydrogens (tertiary/aromatic N) is 2. The Labute approximate surface area is 252 Å². The van der Waals surface area contributed by atoms with Gasteiger partial charge in [0.05, 0.1) is 30.2 Å². The Morgan fingerprint density at radius 1 is 0.833 bits per heavy atom. The Morgan fingerprint density at radius 2 is 1.43 bits per heavy atom. The molecule has 2 aromatic heterocycles. The molecule has 7 nitrogen and oxygen atoms in total. The zero-order chi connectivity index (χ0) is 28.6. The molecule has 0 bridgehead atoms. The third kappa shape index (κ3) is 4.85. The average Bonchev–Trinajstić information content (AvgIpc) is 3.29. The predicted molar refractivity (Wildman–Crippen MR) is 162 cm³/mol. The first-order chi connectivity index (χ1) is 20.6. The van der Waals surface area contributed by atoms with Crippen LogP contribution in [0.3, 0.4) is 0 Å². The SMILES string of the molecule is CSc1ncnc2c(C3(O)O[C@@H]4C(OCc5ccccc5)[C@]4(OCc4ccccc4)[C@H]3OCc3ccccc3)scc12. The number of hydrogen-bond acceptors (Lipinski definition) is 9. The van der Waals surface area contributed by atoms with Crippen LogP contribution in [0, 0.1) is 0 Å². The second-order valence-electron chi connectivity index (χ2n) is 10.5. The Balaban J connectivity index is 1.27. The number of thioether (sulfide) groups is 1. The zero-order valence-corrected chi connectivity index (χ0v) is 24.6. The molecule has 0 radical (unpaired) electrons. The molecule has 42 heavy (non-hydrogen) atoms. The average molecular weight is 599 g/mol. The van der Waals surface area contributed by atoms with Crippen LogP contribution in [0.15, 0.2) is 108 Å². The van der Waals surface area contributed by atoms with Crippen molar-refractivity contribution in [2.24, 2.45) is 0 Å². The van der Waals surface area contributed by atoms with Gasteiger partial charge in [0.15, 0.2) is 11.7 Å². The zero-order valence-electron chi connectivity index (χ0n) is 23.0. The standard InChI is InChI=1S/C33H30N2O5S2/c1-41-30-25-20-42-29(26(25)34-21-35-30)33(36)31(38-18-23-13-7-3-8-14-23)32(39-19-24-15-9-4-10-16-24)27(28(32)40-33)37-17-22-11-5-2-6-12-22/h2-16,20-21,27-28,31,36H,17-19H2,1H3/t27?,28-,31-,32-,33?/m1/s1. The molecule has 1 saturated heterocycles. The normalized spacial score (nSPS) is 26.4. The molecule has 7 rings (SSSR count). The van der Waals surface area contributed by atoms with Gasteiger partial charge in [-0.25, -0.2) is 9.97 Å². The number of fused-ring (bicyclic) bond motifs is 2. The molecule has 2 fully saturated rings. The first kappa shape index (κ1) is 27.7. The van der Waals surface area contributed by atoms with Gasteiger partial charge in [-0.05, 0) is 22.9 Å². The first-order valence-corrected chi connectivity index (χ1v) is 15.9. The molecule has 2 unspecified atom stereocenters. The van der Waals surface area contributed by atoms with Crippen LogP contribution in [0.5, 0.6) is 0 Å². The van der Waals surface area contributed by atoms with Crippen molar-refractivity contribution < 1.29 is 24.1 Å². The number of rotatable bonds is 11. The van der Waals surface area contributed by atoms with Crippen molar-refractivity contribution >= 4 is 34.0 Å². The van der Waals surface area contributed by atoms with Crippen molar-refractivity contribution in [2.45, 2.75) is 54.5 Å². The van der Waals surface area contributed by atoms with Gasteiger partial charge in [0.2, 0.25) is 5.79 Å². The lowest BCUT2D eigenvalue weighted by molar-refractivity contribution is -0.276. The van der Waals surface area contributed by atoms with Gasteiger partial charge in [-0.1, -0.05) is 91.0 Å². The summed E-state index contributed by atoms with van der Waals surface area (Å²) in [6, 6.07) is 29.9. The van der Waals surface area contributed by atoms with Crippen molar-refractivity contribution in [2.75, 3.05) is 6.26 Å². The summed E-state index contributed by atoms with van der Waals surface area (Å²) in [5.41, 5.74) is 2.64. The summed E-state index contributed by atoms with van der Waals surface area (Å²) in [5, 5.41) is 16.2. The smallest absolute Gasteiger partial charge is 0.234 e. The highest BCUT2D eigenvalue weighted by Crippen LogP contribution is 2.63. The summed E-state index contributed by atoms with van der Waals surface area (Å²) < 4.78 is 26.4. The topological polar surface area (TPSA) is 82.9 Å². The van der Waals surface area contributed by atoms with E-state index >= 15 is 0 Å². The molecule has 3 aromatic carbocycles. The summed E-state index contributed by atoms with van der Waals surface area (Å²) in [5.74, 6) is -1.81. The van der Waals surface area contributed by atoms with E-state index in [4.69, 9.17) is 18.9 Å². The quantitative estimate of drug-likeness (QED) is 0.144. The van der Waals surface area contributed by atoms with Crippen LogP contribution >= 0.6 is 23.1 Å². The summed E-state index contributed by atoms with van der Waals surface area (Å²) in [6.45, 7) is 0.967. The van der Waals surface area contributed by atoms with Gasteiger partial charge in [-0.15, -0.1) is 23.1 Å². The van der Waals surface area contributed by atoms with Crippen LogP contribution in [-0.4, -0.2) is 45.2 Å². The number of thiophene rings is 1. The van der Waals surface area contributed by atoms with Gasteiger partial charge in [-0.2, -0.15) is 0 Å². The van der Waals surface area contributed by atoms with E-state index in [1.165, 1.54) is 29.4 Å². The summed E-state index contributed by atoms with van der Waals surface area (Å²) in [6.07, 6.45) is 1.62. The monoisotopic (exact) mass is 598 g/mol. The lowest BCUT2D eigenvalue weighted by Crippen LogP contribution is -2.50. The van der Waals surface area contributed by atoms with Crippen LogP contribution in [-0.2, 0) is 44.6 Å². The second kappa shape index (κ2) is 11.5. The first-order valence-electron chi connectivity index (χ1n) is 13.8. The lowest BCUT2D eigenvalue weighted by Gasteiger charge is -2.35. The van der Waals surface area contributed by atoms with E-state index in [0.29, 0.717) is 23.6 Å². The molecule has 5 aromatic rings. The molecule has 1 saturated carbocycles. The van der Waals surface area contributed by atoms with E-state index < -0.39 is 29.7 Å². The highest BCUT2D eigenvalue weighted by Gasteiger charge is 2.84. The van der Waals surface area contributed by atoms with E-state index in [1.807, 2.05) is 103 Å². The minimum atomic E-state index is -1.81. The molecule has 2 aliphatic rings. The van der Waals surface area contributed by atoms with Gasteiger partial charge in [0, 0.05) is 10.8 Å². The molecule has 5 atom stereocenters. The van der Waals surface area contributed by atoms with Crippen molar-refractivity contribution in [3.8, 4) is 0 Å². The molecule has 1 aliphatic carbocycles. The van der Waals surface area contributed by atoms with Gasteiger partial charge in [-0.3, -0.25) is 0 Å². The fraction of sp³-hybridized carbons (Fsp3) is 0.273. The number of aromatic nitrogens is 2. The van der Waals surface area contributed by atoms with E-state index in [2.05, 4.69) is 9.97 Å². The number of hydrogen-bond donors (Lipinski definition) is 1. The van der Waals surface area contributed by atoms with Crippen LogP contribution < -0.4 is 0 Å². The molecular weight excluding hydrogens is 569 g/mol. The van der Waals surface area contributed by atoms with Gasteiger partial charge in [0.1, 0.15) is 23.6 Å². The second-order valence-corrected chi connectivity index (χ2v) is 12.1. The largest absolute Gasteiger partial charge is 0.367 e. The lowest BCUT2D eigenvalue weighted by atomic mass is 10.00. The molecule has 3 heterocycles. The fourth-order valence-electron chi connectivity index (χ4n) is 5.76. The van der Waals surface area contributed by atoms with Crippen molar-refractivity contribution in [1.29, 1.82) is 0 Å². The minimum absolute atomic E-state index is 0.264. The van der Waals surface area contributed by atoms with E-state index in [9.17, 15) is 5.11 Å². The maximum absolute atomic E-state index is 12.5. The third-order valence-electron chi connectivity index (χ3n) is 7.87. The molecular formula is C33H30N2O5S2. The Hall–Kier alpha value is -3.15. The third-order valence-corrected chi connectivity index (χ3v) is 9.65. The van der Waals surface area contributed by atoms with Gasteiger partial charge < -0.3 is 24.1 Å². The highest BCUT2D eigenvalue weighted by atomic mass is 32.2. The maximum atomic E-state index is 12.5. The number of aliphatic hydroxyl groups is 1. The van der Waals surface area contributed by atoms with Gasteiger partial charge >= 0.3 is 0 Å². The Kier molecular flexibility index (Phi) is 7.58. The van der Waals surface area contributed by atoms with Crippen molar-refractivity contribution in [1.82, 2.24) is 9.97 Å². The minimum Gasteiger partial charge on any atom is -0.367 e. The van der Waals surface area contributed by atoms with Gasteiger partial charge in [0.25, 0.3) is 0 Å². The molecule has 1 aliphatic heterocycles. The van der Waals surface area contributed by atoms with Crippen LogP contribution in [0.25, 0.3) is 10.9 Å². The number of benzene rings is 3. The summed E-state index contributed by atoms with van der Waals surface area (Å²) in [7, 11) is 0. The highest BCUT2D eigenvalue weighted by molar-refractivity contribution is 7.98. The fourth-order valence-corrected chi connectivity index (χ4v) is 7.42. The maximum Gasteiger partial charge on any atom is 0.234 e. The number of ether oxygens (including phenoxy) is 4. The van der Waals surface area contributed by atoms with Crippen LogP contribution in [0.4, 0.5) is 0 Å². The molecule has 214 valence electrons. The van der Waals surface area contributed by atoms with E-state index in [0.717, 1.165) is 27.1 Å². The summed E-state index contributed by atoms with van der Waals surface area (Å²) in [4.78, 5) is 9.54. The predicted octanol–water partition coefficient (Wildman–Crippen LogP) is 6.10. The van der Waals surface area contributed by atoms with Crippen molar-refractivity contribution in [3.63, 3.8) is 0 Å².